The number of rotatable bonds is 5. The largest absolute Gasteiger partial charge is 0.344 e. The van der Waals surface area contributed by atoms with Crippen LogP contribution in [0.15, 0.2) is 71.6 Å². The van der Waals surface area contributed by atoms with Crippen molar-refractivity contribution in [3.63, 3.8) is 0 Å². The molecule has 7 nitrogen and oxygen atoms in total. The standard InChI is InChI=1S/C21H23N5O2S/c1-25-13-15-26(16-14-25)21-12-11-20(22-23-21)17-7-9-18(10-8-17)24-29(27,28)19-5-3-2-4-6-19/h2-12,24H,13-16H2,1H3/p+1. The maximum Gasteiger partial charge on any atom is 0.261 e. The highest BCUT2D eigenvalue weighted by atomic mass is 32.2. The maximum absolute atomic E-state index is 12.4. The lowest BCUT2D eigenvalue weighted by Crippen LogP contribution is -3.12. The SMILES string of the molecule is C[NH+]1CCN(c2ccc(-c3ccc(NS(=O)(=O)c4ccccc4)cc3)nn2)CC1. The molecule has 4 rings (SSSR count). The summed E-state index contributed by atoms with van der Waals surface area (Å²) in [5.74, 6) is 0.897. The highest BCUT2D eigenvalue weighted by Gasteiger charge is 2.18. The van der Waals surface area contributed by atoms with E-state index in [-0.39, 0.29) is 4.90 Å². The minimum atomic E-state index is -3.60. The summed E-state index contributed by atoms with van der Waals surface area (Å²) < 4.78 is 27.4. The lowest BCUT2D eigenvalue weighted by molar-refractivity contribution is -0.880. The quantitative estimate of drug-likeness (QED) is 0.662. The smallest absolute Gasteiger partial charge is 0.261 e. The van der Waals surface area contributed by atoms with Crippen molar-refractivity contribution in [1.82, 2.24) is 10.2 Å². The van der Waals surface area contributed by atoms with Crippen LogP contribution in [0.1, 0.15) is 0 Å². The second-order valence-corrected chi connectivity index (χ2v) is 8.90. The molecule has 2 aromatic carbocycles. The van der Waals surface area contributed by atoms with E-state index < -0.39 is 10.0 Å². The number of aromatic nitrogens is 2. The normalized spacial score (nSPS) is 15.3. The third-order valence-electron chi connectivity index (χ3n) is 5.08. The number of piperazine rings is 1. The van der Waals surface area contributed by atoms with Crippen LogP contribution in [0.2, 0.25) is 0 Å². The molecule has 3 aromatic rings. The van der Waals surface area contributed by atoms with Gasteiger partial charge in [0.15, 0.2) is 5.82 Å². The molecule has 2 N–H and O–H groups in total. The van der Waals surface area contributed by atoms with E-state index in [4.69, 9.17) is 0 Å². The van der Waals surface area contributed by atoms with E-state index in [1.807, 2.05) is 24.3 Å². The van der Waals surface area contributed by atoms with E-state index in [0.29, 0.717) is 5.69 Å². The van der Waals surface area contributed by atoms with E-state index >= 15 is 0 Å². The molecule has 1 saturated heterocycles. The summed E-state index contributed by atoms with van der Waals surface area (Å²) in [5.41, 5.74) is 2.14. The Balaban J connectivity index is 1.45. The Morgan fingerprint density at radius 1 is 0.897 bits per heavy atom. The Hall–Kier alpha value is -2.97. The second kappa shape index (κ2) is 8.18. The topological polar surface area (TPSA) is 79.6 Å². The molecule has 0 atom stereocenters. The van der Waals surface area contributed by atoms with E-state index in [0.717, 1.165) is 43.3 Å². The van der Waals surface area contributed by atoms with Gasteiger partial charge in [-0.25, -0.2) is 8.42 Å². The van der Waals surface area contributed by atoms with Crippen molar-refractivity contribution in [1.29, 1.82) is 0 Å². The number of quaternary nitrogens is 1. The number of hydrogen-bond acceptors (Lipinski definition) is 5. The summed E-state index contributed by atoms with van der Waals surface area (Å²) in [4.78, 5) is 4.02. The molecule has 0 radical (unpaired) electrons. The summed E-state index contributed by atoms with van der Waals surface area (Å²) in [6, 6.07) is 19.4. The molecule has 2 heterocycles. The fourth-order valence-electron chi connectivity index (χ4n) is 3.29. The first-order chi connectivity index (χ1) is 14.0. The first-order valence-electron chi connectivity index (χ1n) is 9.59. The minimum absolute atomic E-state index is 0.232. The van der Waals surface area contributed by atoms with Crippen LogP contribution in [0.4, 0.5) is 11.5 Å². The van der Waals surface area contributed by atoms with Crippen LogP contribution >= 0.6 is 0 Å². The van der Waals surface area contributed by atoms with Crippen molar-refractivity contribution < 1.29 is 13.3 Å². The van der Waals surface area contributed by atoms with Gasteiger partial charge in [-0.1, -0.05) is 30.3 Å². The average molecular weight is 411 g/mol. The van der Waals surface area contributed by atoms with E-state index in [1.54, 1.807) is 42.5 Å². The van der Waals surface area contributed by atoms with Crippen molar-refractivity contribution in [2.75, 3.05) is 42.8 Å². The fraction of sp³-hybridized carbons (Fsp3) is 0.238. The first-order valence-corrected chi connectivity index (χ1v) is 11.1. The molecule has 0 bridgehead atoms. The van der Waals surface area contributed by atoms with E-state index in [9.17, 15) is 8.42 Å². The Labute approximate surface area is 171 Å². The maximum atomic E-state index is 12.4. The fourth-order valence-corrected chi connectivity index (χ4v) is 4.37. The number of nitrogens with zero attached hydrogens (tertiary/aromatic N) is 3. The Kier molecular flexibility index (Phi) is 5.46. The second-order valence-electron chi connectivity index (χ2n) is 7.22. The minimum Gasteiger partial charge on any atom is -0.344 e. The van der Waals surface area contributed by atoms with Crippen molar-refractivity contribution >= 4 is 21.5 Å². The number of anilines is 2. The van der Waals surface area contributed by atoms with Crippen LogP contribution in [0.25, 0.3) is 11.3 Å². The summed E-state index contributed by atoms with van der Waals surface area (Å²) in [6.45, 7) is 4.17. The van der Waals surface area contributed by atoms with Crippen LogP contribution in [0, 0.1) is 0 Å². The predicted molar refractivity (Wildman–Crippen MR) is 114 cm³/mol. The number of benzene rings is 2. The number of sulfonamides is 1. The molecule has 0 aliphatic carbocycles. The van der Waals surface area contributed by atoms with Crippen LogP contribution < -0.4 is 14.5 Å². The number of hydrogen-bond donors (Lipinski definition) is 2. The molecule has 150 valence electrons. The molecular formula is C21H24N5O2S+. The summed E-state index contributed by atoms with van der Waals surface area (Å²) in [5, 5.41) is 8.74. The van der Waals surface area contributed by atoms with Gasteiger partial charge in [0.1, 0.15) is 0 Å². The zero-order valence-electron chi connectivity index (χ0n) is 16.2. The van der Waals surface area contributed by atoms with Gasteiger partial charge in [-0.3, -0.25) is 4.72 Å². The predicted octanol–water partition coefficient (Wildman–Crippen LogP) is 1.28. The van der Waals surface area contributed by atoms with Gasteiger partial charge in [0.05, 0.1) is 43.8 Å². The van der Waals surface area contributed by atoms with Crippen molar-refractivity contribution in [3.05, 3.63) is 66.7 Å². The average Bonchev–Trinajstić information content (AvgIpc) is 2.75. The third-order valence-corrected chi connectivity index (χ3v) is 6.48. The molecule has 29 heavy (non-hydrogen) atoms. The number of nitrogens with one attached hydrogen (secondary N) is 2. The molecule has 1 aliphatic rings. The van der Waals surface area contributed by atoms with Gasteiger partial charge in [-0.2, -0.15) is 0 Å². The zero-order chi connectivity index (χ0) is 20.3. The van der Waals surface area contributed by atoms with Crippen LogP contribution in [0.5, 0.6) is 0 Å². The highest BCUT2D eigenvalue weighted by molar-refractivity contribution is 7.92. The summed E-state index contributed by atoms with van der Waals surface area (Å²) in [7, 11) is -1.39. The molecule has 0 amide bonds. The Bertz CT molecular complexity index is 1050. The molecule has 0 unspecified atom stereocenters. The van der Waals surface area contributed by atoms with Gasteiger partial charge in [0, 0.05) is 11.3 Å². The molecule has 1 aromatic heterocycles. The molecule has 8 heteroatoms. The van der Waals surface area contributed by atoms with Gasteiger partial charge >= 0.3 is 0 Å². The molecule has 0 saturated carbocycles. The van der Waals surface area contributed by atoms with Crippen molar-refractivity contribution in [3.8, 4) is 11.3 Å². The highest BCUT2D eigenvalue weighted by Crippen LogP contribution is 2.22. The van der Waals surface area contributed by atoms with Crippen molar-refractivity contribution in [2.24, 2.45) is 0 Å². The molecule has 0 spiro atoms. The molecule has 1 aliphatic heterocycles. The zero-order valence-corrected chi connectivity index (χ0v) is 17.1. The van der Waals surface area contributed by atoms with Crippen LogP contribution in [0.3, 0.4) is 0 Å². The third kappa shape index (κ3) is 4.55. The van der Waals surface area contributed by atoms with Gasteiger partial charge in [-0.05, 0) is 36.4 Å². The number of likely N-dealkylation sites (N-methyl/N-ethyl adjacent to an activating group) is 1. The molecular weight excluding hydrogens is 386 g/mol. The summed E-state index contributed by atoms with van der Waals surface area (Å²) >= 11 is 0. The van der Waals surface area contributed by atoms with Gasteiger partial charge < -0.3 is 9.80 Å². The van der Waals surface area contributed by atoms with Crippen molar-refractivity contribution in [2.45, 2.75) is 4.90 Å². The van der Waals surface area contributed by atoms with E-state index in [2.05, 4.69) is 26.9 Å². The summed E-state index contributed by atoms with van der Waals surface area (Å²) in [6.07, 6.45) is 0. The Morgan fingerprint density at radius 2 is 1.59 bits per heavy atom. The van der Waals surface area contributed by atoms with Crippen LogP contribution in [-0.4, -0.2) is 51.8 Å². The van der Waals surface area contributed by atoms with E-state index in [1.165, 1.54) is 4.90 Å². The lowest BCUT2D eigenvalue weighted by Gasteiger charge is -2.30. The van der Waals surface area contributed by atoms with Crippen LogP contribution in [-0.2, 0) is 10.0 Å². The van der Waals surface area contributed by atoms with Gasteiger partial charge in [0.25, 0.3) is 10.0 Å². The van der Waals surface area contributed by atoms with Gasteiger partial charge in [0.2, 0.25) is 0 Å². The Morgan fingerprint density at radius 3 is 2.21 bits per heavy atom. The first kappa shape index (κ1) is 19.4. The van der Waals surface area contributed by atoms with Gasteiger partial charge in [-0.15, -0.1) is 10.2 Å². The lowest BCUT2D eigenvalue weighted by atomic mass is 10.1. The molecule has 1 fully saturated rings. The monoisotopic (exact) mass is 410 g/mol.